The van der Waals surface area contributed by atoms with Crippen LogP contribution in [0, 0.1) is 11.3 Å². The summed E-state index contributed by atoms with van der Waals surface area (Å²) in [6.07, 6.45) is 5.93. The zero-order valence-corrected chi connectivity index (χ0v) is 10.8. The minimum atomic E-state index is 0.667. The highest BCUT2D eigenvalue weighted by Crippen LogP contribution is 2.22. The van der Waals surface area contributed by atoms with Gasteiger partial charge in [-0.05, 0) is 25.0 Å². The summed E-state index contributed by atoms with van der Waals surface area (Å²) in [4.78, 5) is 0. The molecule has 0 unspecified atom stereocenters. The van der Waals surface area contributed by atoms with Crippen LogP contribution in [0.25, 0.3) is 11.4 Å². The van der Waals surface area contributed by atoms with Gasteiger partial charge in [-0.3, -0.25) is 0 Å². The van der Waals surface area contributed by atoms with Gasteiger partial charge in [0.15, 0.2) is 5.82 Å². The number of aryl methyl sites for hydroxylation is 1. The number of aromatic nitrogens is 3. The van der Waals surface area contributed by atoms with Crippen molar-refractivity contribution in [3.63, 3.8) is 0 Å². The van der Waals surface area contributed by atoms with Crippen LogP contribution >= 0.6 is 0 Å². The fraction of sp³-hybridized carbons (Fsp3) is 0.400. The Morgan fingerprint density at radius 2 is 2.00 bits per heavy atom. The number of rotatable bonds is 1. The molecule has 1 aromatic carbocycles. The van der Waals surface area contributed by atoms with Crippen molar-refractivity contribution in [1.29, 1.82) is 5.26 Å². The van der Waals surface area contributed by atoms with Crippen molar-refractivity contribution in [3.05, 3.63) is 35.7 Å². The van der Waals surface area contributed by atoms with Crippen LogP contribution in [0.4, 0.5) is 0 Å². The maximum absolute atomic E-state index is 8.99. The normalized spacial score (nSPS) is 15.1. The Balaban J connectivity index is 2.03. The first-order chi connectivity index (χ1) is 9.38. The van der Waals surface area contributed by atoms with Crippen molar-refractivity contribution in [1.82, 2.24) is 14.8 Å². The Hall–Kier alpha value is -2.15. The van der Waals surface area contributed by atoms with Gasteiger partial charge in [-0.2, -0.15) is 5.26 Å². The Kier molecular flexibility index (Phi) is 3.28. The van der Waals surface area contributed by atoms with Gasteiger partial charge in [-0.15, -0.1) is 10.2 Å². The van der Waals surface area contributed by atoms with Gasteiger partial charge in [-0.25, -0.2) is 0 Å². The third kappa shape index (κ3) is 2.37. The van der Waals surface area contributed by atoms with E-state index in [0.717, 1.165) is 30.2 Å². The van der Waals surface area contributed by atoms with Gasteiger partial charge < -0.3 is 4.57 Å². The second-order valence-electron chi connectivity index (χ2n) is 4.95. The Labute approximate surface area is 112 Å². The predicted molar refractivity (Wildman–Crippen MR) is 72.3 cm³/mol. The molecule has 2 heterocycles. The van der Waals surface area contributed by atoms with Crippen LogP contribution in [0.1, 0.15) is 37.1 Å². The summed E-state index contributed by atoms with van der Waals surface area (Å²) in [6.45, 7) is 0.981. The summed E-state index contributed by atoms with van der Waals surface area (Å²) in [7, 11) is 0. The first kappa shape index (κ1) is 11.9. The summed E-state index contributed by atoms with van der Waals surface area (Å²) < 4.78 is 2.22. The van der Waals surface area contributed by atoms with Crippen LogP contribution in [0.3, 0.4) is 0 Å². The lowest BCUT2D eigenvalue weighted by Crippen LogP contribution is -2.08. The number of fused-ring (bicyclic) bond motifs is 1. The molecule has 0 aliphatic carbocycles. The van der Waals surface area contributed by atoms with Crippen LogP contribution in [-0.2, 0) is 13.0 Å². The highest BCUT2D eigenvalue weighted by atomic mass is 15.3. The van der Waals surface area contributed by atoms with E-state index in [1.807, 2.05) is 24.3 Å². The van der Waals surface area contributed by atoms with E-state index in [1.165, 1.54) is 25.7 Å². The van der Waals surface area contributed by atoms with E-state index in [9.17, 15) is 0 Å². The maximum Gasteiger partial charge on any atom is 0.164 e. The first-order valence-corrected chi connectivity index (χ1v) is 6.81. The van der Waals surface area contributed by atoms with Crippen molar-refractivity contribution < 1.29 is 0 Å². The smallest absolute Gasteiger partial charge is 0.164 e. The van der Waals surface area contributed by atoms with Crippen LogP contribution in [0.15, 0.2) is 24.3 Å². The molecule has 0 bridgehead atoms. The molecule has 4 nitrogen and oxygen atoms in total. The lowest BCUT2D eigenvalue weighted by molar-refractivity contribution is 0.518. The molecule has 19 heavy (non-hydrogen) atoms. The zero-order valence-electron chi connectivity index (χ0n) is 10.8. The van der Waals surface area contributed by atoms with Crippen molar-refractivity contribution >= 4 is 0 Å². The van der Waals surface area contributed by atoms with Crippen LogP contribution in [0.5, 0.6) is 0 Å². The van der Waals surface area contributed by atoms with Crippen LogP contribution < -0.4 is 0 Å². The Morgan fingerprint density at radius 1 is 1.11 bits per heavy atom. The number of hydrogen-bond acceptors (Lipinski definition) is 3. The fourth-order valence-corrected chi connectivity index (χ4v) is 2.60. The van der Waals surface area contributed by atoms with Gasteiger partial charge in [0.05, 0.1) is 11.6 Å². The van der Waals surface area contributed by atoms with Crippen molar-refractivity contribution in [2.75, 3.05) is 0 Å². The molecular formula is C15H16N4. The Morgan fingerprint density at radius 3 is 2.89 bits per heavy atom. The molecule has 0 spiro atoms. The number of hydrogen-bond donors (Lipinski definition) is 0. The predicted octanol–water partition coefficient (Wildman–Crippen LogP) is 2.93. The van der Waals surface area contributed by atoms with Gasteiger partial charge in [0.2, 0.25) is 0 Å². The molecule has 96 valence electrons. The van der Waals surface area contributed by atoms with Crippen molar-refractivity contribution in [2.24, 2.45) is 0 Å². The monoisotopic (exact) mass is 252 g/mol. The average molecular weight is 252 g/mol. The topological polar surface area (TPSA) is 54.5 Å². The molecule has 3 rings (SSSR count). The minimum Gasteiger partial charge on any atom is -0.311 e. The van der Waals surface area contributed by atoms with Crippen LogP contribution in [0.2, 0.25) is 0 Å². The quantitative estimate of drug-likeness (QED) is 0.784. The SMILES string of the molecule is N#Cc1cccc(-c2nnc3n2CCCCCC3)c1. The number of nitrogens with zero attached hydrogens (tertiary/aromatic N) is 4. The van der Waals surface area contributed by atoms with E-state index in [0.29, 0.717) is 5.56 Å². The second kappa shape index (κ2) is 5.23. The molecule has 0 saturated carbocycles. The zero-order chi connectivity index (χ0) is 13.1. The second-order valence-corrected chi connectivity index (χ2v) is 4.95. The molecule has 0 radical (unpaired) electrons. The van der Waals surface area contributed by atoms with E-state index in [1.54, 1.807) is 0 Å². The molecule has 1 aromatic heterocycles. The molecule has 1 aliphatic rings. The maximum atomic E-state index is 8.99. The van der Waals surface area contributed by atoms with Crippen molar-refractivity contribution in [3.8, 4) is 17.5 Å². The molecule has 1 aliphatic heterocycles. The third-order valence-electron chi connectivity index (χ3n) is 3.61. The molecule has 2 aromatic rings. The molecule has 0 atom stereocenters. The van der Waals surface area contributed by atoms with Gasteiger partial charge >= 0.3 is 0 Å². The average Bonchev–Trinajstić information content (AvgIpc) is 2.81. The first-order valence-electron chi connectivity index (χ1n) is 6.81. The van der Waals surface area contributed by atoms with Gasteiger partial charge in [-0.1, -0.05) is 25.0 Å². The largest absolute Gasteiger partial charge is 0.311 e. The molecule has 0 N–H and O–H groups in total. The highest BCUT2D eigenvalue weighted by molar-refractivity contribution is 5.58. The summed E-state index contributed by atoms with van der Waals surface area (Å²) in [5, 5.41) is 17.6. The molecule has 4 heteroatoms. The van der Waals surface area contributed by atoms with Gasteiger partial charge in [0, 0.05) is 18.5 Å². The van der Waals surface area contributed by atoms with Gasteiger partial charge in [0.25, 0.3) is 0 Å². The summed E-state index contributed by atoms with van der Waals surface area (Å²) >= 11 is 0. The number of benzene rings is 1. The highest BCUT2D eigenvalue weighted by Gasteiger charge is 2.15. The standard InChI is InChI=1S/C15H16N4/c16-11-12-6-5-7-13(10-12)15-18-17-14-8-3-1-2-4-9-19(14)15/h5-7,10H,1-4,8-9H2. The molecular weight excluding hydrogens is 236 g/mol. The Bertz CT molecular complexity index is 621. The van der Waals surface area contributed by atoms with E-state index >= 15 is 0 Å². The molecule has 0 saturated heterocycles. The van der Waals surface area contributed by atoms with Gasteiger partial charge in [0.1, 0.15) is 5.82 Å². The fourth-order valence-electron chi connectivity index (χ4n) is 2.60. The minimum absolute atomic E-state index is 0.667. The summed E-state index contributed by atoms with van der Waals surface area (Å²) in [6, 6.07) is 9.77. The summed E-state index contributed by atoms with van der Waals surface area (Å²) in [5.74, 6) is 1.98. The lowest BCUT2D eigenvalue weighted by Gasteiger charge is -2.13. The lowest BCUT2D eigenvalue weighted by atomic mass is 10.1. The summed E-state index contributed by atoms with van der Waals surface area (Å²) in [5.41, 5.74) is 1.65. The molecule has 0 fully saturated rings. The van der Waals surface area contributed by atoms with E-state index in [-0.39, 0.29) is 0 Å². The van der Waals surface area contributed by atoms with E-state index in [4.69, 9.17) is 5.26 Å². The van der Waals surface area contributed by atoms with Crippen LogP contribution in [-0.4, -0.2) is 14.8 Å². The van der Waals surface area contributed by atoms with E-state index in [2.05, 4.69) is 20.8 Å². The molecule has 0 amide bonds. The van der Waals surface area contributed by atoms with Crippen molar-refractivity contribution in [2.45, 2.75) is 38.6 Å². The van der Waals surface area contributed by atoms with E-state index < -0.39 is 0 Å². The number of nitriles is 1. The third-order valence-corrected chi connectivity index (χ3v) is 3.61.